The van der Waals surface area contributed by atoms with E-state index in [1.54, 1.807) is 27.8 Å². The highest BCUT2D eigenvalue weighted by atomic mass is 35.5. The van der Waals surface area contributed by atoms with E-state index < -0.39 is 12.7 Å². The van der Waals surface area contributed by atoms with Gasteiger partial charge in [-0.15, -0.1) is 0 Å². The number of aliphatic imine (C=N–C) groups is 1. The quantitative estimate of drug-likeness (QED) is 0.357. The zero-order valence-electron chi connectivity index (χ0n) is 17.0. The van der Waals surface area contributed by atoms with E-state index in [1.165, 1.54) is 12.1 Å². The summed E-state index contributed by atoms with van der Waals surface area (Å²) in [5, 5.41) is 5.55. The predicted molar refractivity (Wildman–Crippen MR) is 125 cm³/mol. The van der Waals surface area contributed by atoms with Gasteiger partial charge in [-0.25, -0.2) is 9.67 Å². The molecular weight excluding hydrogens is 493 g/mol. The van der Waals surface area contributed by atoms with E-state index in [4.69, 9.17) is 44.9 Å². The summed E-state index contributed by atoms with van der Waals surface area (Å²) in [6, 6.07) is 15.4. The van der Waals surface area contributed by atoms with Gasteiger partial charge in [0.2, 0.25) is 0 Å². The second kappa shape index (κ2) is 8.48. The van der Waals surface area contributed by atoms with Gasteiger partial charge < -0.3 is 9.64 Å². The summed E-state index contributed by atoms with van der Waals surface area (Å²) in [6.07, 6.45) is 1.54. The van der Waals surface area contributed by atoms with Crippen LogP contribution in [0.3, 0.4) is 0 Å². The Balaban J connectivity index is 1.73. The van der Waals surface area contributed by atoms with E-state index in [9.17, 15) is 8.78 Å². The van der Waals surface area contributed by atoms with Crippen molar-refractivity contribution in [2.24, 2.45) is 4.99 Å². The van der Waals surface area contributed by atoms with Gasteiger partial charge in [0.05, 0.1) is 27.5 Å². The molecule has 2 aliphatic rings. The summed E-state index contributed by atoms with van der Waals surface area (Å²) < 4.78 is 31.5. The van der Waals surface area contributed by atoms with Crippen LogP contribution >= 0.6 is 34.8 Å². The van der Waals surface area contributed by atoms with Gasteiger partial charge in [-0.1, -0.05) is 65.1 Å². The van der Waals surface area contributed by atoms with Crippen LogP contribution < -0.4 is 4.74 Å². The highest BCUT2D eigenvalue weighted by Crippen LogP contribution is 2.48. The van der Waals surface area contributed by atoms with E-state index in [1.807, 2.05) is 37.3 Å². The van der Waals surface area contributed by atoms with Gasteiger partial charge in [0, 0.05) is 5.56 Å². The normalized spacial score (nSPS) is 17.5. The molecule has 5 rings (SSSR count). The third-order valence-electron chi connectivity index (χ3n) is 5.35. The first-order valence-corrected chi connectivity index (χ1v) is 11.0. The molecule has 0 bridgehead atoms. The highest BCUT2D eigenvalue weighted by molar-refractivity contribution is 6.49. The van der Waals surface area contributed by atoms with Crippen molar-refractivity contribution < 1.29 is 13.5 Å². The van der Waals surface area contributed by atoms with Crippen molar-refractivity contribution in [3.63, 3.8) is 0 Å². The zero-order valence-corrected chi connectivity index (χ0v) is 19.3. The molecule has 2 aromatic carbocycles. The van der Waals surface area contributed by atoms with Crippen LogP contribution in [0.2, 0.25) is 0 Å². The Kier molecular flexibility index (Phi) is 5.64. The Bertz CT molecular complexity index is 1320. The summed E-state index contributed by atoms with van der Waals surface area (Å²) in [4.78, 5) is 6.53. The maximum absolute atomic E-state index is 12.6. The standard InChI is InChI=1S/C23H15Cl3F2N4O/c1-12-18-19(13-7-9-15(10-8-13)33-23(27)28)31-20(26)16(24)11-17(25)21(31)29-22(18)32(30-12)14-5-3-2-4-6-14/h2-11,19,23H,1H3/t19-/m1/s1. The van der Waals surface area contributed by atoms with Crippen LogP contribution in [0.5, 0.6) is 5.75 Å². The monoisotopic (exact) mass is 506 g/mol. The maximum atomic E-state index is 12.6. The molecule has 0 saturated heterocycles. The number of para-hydroxylation sites is 1. The molecule has 0 amide bonds. The Morgan fingerprint density at radius 1 is 1.00 bits per heavy atom. The van der Waals surface area contributed by atoms with Crippen molar-refractivity contribution in [1.82, 2.24) is 14.7 Å². The van der Waals surface area contributed by atoms with Crippen molar-refractivity contribution in [2.75, 3.05) is 0 Å². The lowest BCUT2D eigenvalue weighted by atomic mass is 9.94. The molecule has 5 nitrogen and oxygen atoms in total. The predicted octanol–water partition coefficient (Wildman–Crippen LogP) is 7.00. The minimum atomic E-state index is -2.91. The van der Waals surface area contributed by atoms with E-state index in [0.717, 1.165) is 22.5 Å². The highest BCUT2D eigenvalue weighted by Gasteiger charge is 2.40. The molecular formula is C23H15Cl3F2N4O. The molecule has 0 unspecified atom stereocenters. The molecule has 168 valence electrons. The molecule has 0 fully saturated rings. The van der Waals surface area contributed by atoms with Gasteiger partial charge >= 0.3 is 6.61 Å². The number of hydrogen-bond donors (Lipinski definition) is 0. The molecule has 1 aromatic heterocycles. The molecule has 33 heavy (non-hydrogen) atoms. The number of fused-ring (bicyclic) bond motifs is 2. The van der Waals surface area contributed by atoms with Crippen molar-refractivity contribution >= 4 is 46.5 Å². The van der Waals surface area contributed by atoms with Gasteiger partial charge in [-0.05, 0) is 42.8 Å². The fourth-order valence-corrected chi connectivity index (χ4v) is 4.71. The Morgan fingerprint density at radius 2 is 1.70 bits per heavy atom. The van der Waals surface area contributed by atoms with Crippen LogP contribution in [0.4, 0.5) is 14.6 Å². The molecule has 3 aromatic rings. The van der Waals surface area contributed by atoms with Gasteiger partial charge in [0.25, 0.3) is 0 Å². The number of allylic oxidation sites excluding steroid dienone is 2. The summed E-state index contributed by atoms with van der Waals surface area (Å²) in [5.41, 5.74) is 3.09. The van der Waals surface area contributed by atoms with E-state index >= 15 is 0 Å². The number of amidine groups is 1. The van der Waals surface area contributed by atoms with Crippen LogP contribution in [0.15, 0.2) is 80.9 Å². The lowest BCUT2D eigenvalue weighted by Gasteiger charge is -2.39. The SMILES string of the molecule is Cc1nn(-c2ccccc2)c2c1[C@@H](c1ccc(OC(F)F)cc1)N1C(=N2)C(Cl)=CC(Cl)=C1Cl. The average molecular weight is 508 g/mol. The van der Waals surface area contributed by atoms with Crippen LogP contribution in [0.25, 0.3) is 5.69 Å². The van der Waals surface area contributed by atoms with Crippen LogP contribution in [0.1, 0.15) is 22.9 Å². The third-order valence-corrected chi connectivity index (χ3v) is 6.40. The number of hydrogen-bond acceptors (Lipinski definition) is 4. The van der Waals surface area contributed by atoms with Crippen LogP contribution in [-0.2, 0) is 0 Å². The Hall–Kier alpha value is -2.87. The molecule has 0 saturated carbocycles. The van der Waals surface area contributed by atoms with E-state index in [-0.39, 0.29) is 15.9 Å². The first-order valence-electron chi connectivity index (χ1n) is 9.85. The van der Waals surface area contributed by atoms with Crippen molar-refractivity contribution in [1.29, 1.82) is 0 Å². The fourth-order valence-electron chi connectivity index (χ4n) is 3.98. The number of rotatable bonds is 4. The molecule has 3 heterocycles. The molecule has 0 spiro atoms. The fraction of sp³-hybridized carbons (Fsp3) is 0.130. The summed E-state index contributed by atoms with van der Waals surface area (Å²) in [5.74, 6) is 1.05. The minimum absolute atomic E-state index is 0.0478. The Labute approximate surface area is 203 Å². The smallest absolute Gasteiger partial charge is 0.387 e. The lowest BCUT2D eigenvalue weighted by molar-refractivity contribution is -0.0498. The Morgan fingerprint density at radius 3 is 2.36 bits per heavy atom. The second-order valence-corrected chi connectivity index (χ2v) is 8.53. The molecule has 0 aliphatic carbocycles. The number of aryl methyl sites for hydroxylation is 1. The molecule has 1 atom stereocenters. The third kappa shape index (κ3) is 3.80. The summed E-state index contributed by atoms with van der Waals surface area (Å²) in [6.45, 7) is -1.04. The van der Waals surface area contributed by atoms with Crippen molar-refractivity contribution in [3.05, 3.63) is 92.7 Å². The van der Waals surface area contributed by atoms with Gasteiger partial charge in [-0.3, -0.25) is 0 Å². The first-order chi connectivity index (χ1) is 15.8. The zero-order chi connectivity index (χ0) is 23.3. The number of aromatic nitrogens is 2. The molecule has 2 aliphatic heterocycles. The summed E-state index contributed by atoms with van der Waals surface area (Å²) >= 11 is 19.5. The first kappa shape index (κ1) is 21.9. The number of ether oxygens (including phenoxy) is 1. The van der Waals surface area contributed by atoms with Gasteiger partial charge in [0.1, 0.15) is 10.9 Å². The molecule has 10 heteroatoms. The van der Waals surface area contributed by atoms with E-state index in [2.05, 4.69) is 4.74 Å². The van der Waals surface area contributed by atoms with Crippen molar-refractivity contribution in [3.8, 4) is 11.4 Å². The lowest BCUT2D eigenvalue weighted by Crippen LogP contribution is -2.38. The topological polar surface area (TPSA) is 42.6 Å². The van der Waals surface area contributed by atoms with Crippen LogP contribution in [0, 0.1) is 6.92 Å². The van der Waals surface area contributed by atoms with Crippen molar-refractivity contribution in [2.45, 2.75) is 19.6 Å². The van der Waals surface area contributed by atoms with E-state index in [0.29, 0.717) is 16.7 Å². The largest absolute Gasteiger partial charge is 0.435 e. The average Bonchev–Trinajstić information content (AvgIpc) is 3.13. The summed E-state index contributed by atoms with van der Waals surface area (Å²) in [7, 11) is 0. The maximum Gasteiger partial charge on any atom is 0.387 e. The number of alkyl halides is 2. The molecule has 0 radical (unpaired) electrons. The second-order valence-electron chi connectivity index (χ2n) is 7.36. The van der Waals surface area contributed by atoms with Gasteiger partial charge in [-0.2, -0.15) is 13.9 Å². The number of benzene rings is 2. The van der Waals surface area contributed by atoms with Gasteiger partial charge in [0.15, 0.2) is 11.7 Å². The number of nitrogens with zero attached hydrogens (tertiary/aromatic N) is 4. The minimum Gasteiger partial charge on any atom is -0.435 e. The molecule has 0 N–H and O–H groups in total. The number of halogens is 5. The van der Waals surface area contributed by atoms with Crippen LogP contribution in [-0.4, -0.2) is 27.1 Å².